The molecular weight excluding hydrogens is 302 g/mol. The van der Waals surface area contributed by atoms with Gasteiger partial charge in [0.1, 0.15) is 6.04 Å². The van der Waals surface area contributed by atoms with E-state index in [0.717, 1.165) is 6.42 Å². The van der Waals surface area contributed by atoms with E-state index in [1.165, 1.54) is 16.3 Å². The van der Waals surface area contributed by atoms with Crippen LogP contribution >= 0.6 is 0 Å². The molecule has 0 aliphatic carbocycles. The second-order valence-electron chi connectivity index (χ2n) is 6.13. The number of carbonyl (C=O) groups is 2. The van der Waals surface area contributed by atoms with E-state index in [4.69, 9.17) is 0 Å². The molecule has 24 heavy (non-hydrogen) atoms. The molecule has 128 valence electrons. The Morgan fingerprint density at radius 1 is 1.08 bits per heavy atom. The number of nitrogens with two attached hydrogens (primary N) is 1. The summed E-state index contributed by atoms with van der Waals surface area (Å²) in [6.45, 7) is 6.15. The van der Waals surface area contributed by atoms with Gasteiger partial charge in [-0.3, -0.25) is 10.1 Å². The van der Waals surface area contributed by atoms with Gasteiger partial charge in [-0.15, -0.1) is 0 Å². The van der Waals surface area contributed by atoms with Crippen molar-refractivity contribution < 1.29 is 14.9 Å². The molecule has 0 unspecified atom stereocenters. The topological polar surface area (TPSA) is 74.8 Å². The summed E-state index contributed by atoms with van der Waals surface area (Å²) in [5.74, 6) is -0.289. The van der Waals surface area contributed by atoms with Gasteiger partial charge in [-0.05, 0) is 31.0 Å². The van der Waals surface area contributed by atoms with Crippen molar-refractivity contribution in [2.45, 2.75) is 39.3 Å². The number of hydrogen-bond acceptors (Lipinski definition) is 2. The van der Waals surface area contributed by atoms with Gasteiger partial charge in [0.2, 0.25) is 0 Å². The molecule has 0 aliphatic rings. The third-order valence-electron chi connectivity index (χ3n) is 4.21. The Labute approximate surface area is 142 Å². The van der Waals surface area contributed by atoms with Crippen LogP contribution in [0.25, 0.3) is 10.8 Å². The zero-order valence-corrected chi connectivity index (χ0v) is 14.5. The minimum atomic E-state index is -0.430. The van der Waals surface area contributed by atoms with E-state index < -0.39 is 6.03 Å². The highest BCUT2D eigenvalue weighted by molar-refractivity contribution is 5.94. The number of quaternary nitrogens is 1. The Kier molecular flexibility index (Phi) is 6.32. The van der Waals surface area contributed by atoms with Gasteiger partial charge in [-0.25, -0.2) is 4.79 Å². The maximum Gasteiger partial charge on any atom is 0.321 e. The summed E-state index contributed by atoms with van der Waals surface area (Å²) in [5, 5.41) is 9.41. The highest BCUT2D eigenvalue weighted by Crippen LogP contribution is 2.21. The van der Waals surface area contributed by atoms with Gasteiger partial charge < -0.3 is 10.6 Å². The predicted molar refractivity (Wildman–Crippen MR) is 95.6 cm³/mol. The largest absolute Gasteiger partial charge is 0.335 e. The highest BCUT2D eigenvalue weighted by atomic mass is 16.2. The van der Waals surface area contributed by atoms with Crippen LogP contribution in [-0.4, -0.2) is 24.5 Å². The number of fused-ring (bicyclic) bond motifs is 1. The Balaban J connectivity index is 1.91. The van der Waals surface area contributed by atoms with E-state index in [2.05, 4.69) is 41.8 Å². The molecule has 0 aliphatic heterocycles. The third kappa shape index (κ3) is 4.80. The van der Waals surface area contributed by atoms with Crippen LogP contribution in [0, 0.1) is 0 Å². The smallest absolute Gasteiger partial charge is 0.321 e. The number of nitrogens with one attached hydrogen (secondary N) is 2. The minimum absolute atomic E-state index is 0.0522. The lowest BCUT2D eigenvalue weighted by Crippen LogP contribution is -2.87. The van der Waals surface area contributed by atoms with Crippen molar-refractivity contribution in [3.8, 4) is 0 Å². The molecule has 0 heterocycles. The number of amides is 3. The number of urea groups is 1. The highest BCUT2D eigenvalue weighted by Gasteiger charge is 2.16. The number of hydrogen-bond donors (Lipinski definition) is 3. The third-order valence-corrected chi connectivity index (χ3v) is 4.21. The van der Waals surface area contributed by atoms with Crippen molar-refractivity contribution >= 4 is 22.7 Å². The van der Waals surface area contributed by atoms with Crippen LogP contribution in [0.2, 0.25) is 0 Å². The van der Waals surface area contributed by atoms with E-state index in [-0.39, 0.29) is 24.5 Å². The Morgan fingerprint density at radius 2 is 1.79 bits per heavy atom. The van der Waals surface area contributed by atoms with Gasteiger partial charge >= 0.3 is 6.03 Å². The molecule has 4 N–H and O–H groups in total. The summed E-state index contributed by atoms with van der Waals surface area (Å²) >= 11 is 0. The number of rotatable bonds is 6. The number of carbonyl (C=O) groups excluding carboxylic acids is 2. The molecule has 2 rings (SSSR count). The number of benzene rings is 2. The molecule has 0 saturated heterocycles. The maximum atomic E-state index is 11.9. The molecule has 2 aromatic carbocycles. The molecule has 2 atom stereocenters. The van der Waals surface area contributed by atoms with Crippen LogP contribution in [0.5, 0.6) is 0 Å². The summed E-state index contributed by atoms with van der Waals surface area (Å²) in [4.78, 5) is 23.6. The quantitative estimate of drug-likeness (QED) is 0.759. The van der Waals surface area contributed by atoms with Gasteiger partial charge in [0.05, 0.1) is 0 Å². The van der Waals surface area contributed by atoms with Gasteiger partial charge in [-0.2, -0.15) is 0 Å². The first-order chi connectivity index (χ1) is 11.5. The molecule has 5 heteroatoms. The van der Waals surface area contributed by atoms with Crippen LogP contribution in [0.3, 0.4) is 0 Å². The van der Waals surface area contributed by atoms with Crippen LogP contribution in [0.4, 0.5) is 4.79 Å². The molecule has 0 radical (unpaired) electrons. The monoisotopic (exact) mass is 328 g/mol. The lowest BCUT2D eigenvalue weighted by atomic mass is 10.00. The Bertz CT molecular complexity index is 709. The van der Waals surface area contributed by atoms with Crippen LogP contribution in [0.1, 0.15) is 38.8 Å². The average molecular weight is 328 g/mol. The Hall–Kier alpha value is -2.40. The van der Waals surface area contributed by atoms with E-state index in [1.807, 2.05) is 37.4 Å². The first-order valence-electron chi connectivity index (χ1n) is 8.42. The fourth-order valence-corrected chi connectivity index (χ4v) is 2.60. The molecule has 0 fully saturated rings. The van der Waals surface area contributed by atoms with Gasteiger partial charge in [-0.1, -0.05) is 49.4 Å². The van der Waals surface area contributed by atoms with E-state index >= 15 is 0 Å². The zero-order chi connectivity index (χ0) is 17.5. The fourth-order valence-electron chi connectivity index (χ4n) is 2.60. The SMILES string of the molecule is CC[C@@H](C)NC(=O)NC(=O)C[NH2+][C@@H](C)c1cccc2ccccc12. The molecule has 2 aromatic rings. The molecule has 0 aromatic heterocycles. The number of imide groups is 1. The minimum Gasteiger partial charge on any atom is -0.335 e. The molecule has 0 saturated carbocycles. The maximum absolute atomic E-state index is 11.9. The van der Waals surface area contributed by atoms with Crippen molar-refractivity contribution in [3.63, 3.8) is 0 Å². The van der Waals surface area contributed by atoms with Gasteiger partial charge in [0.15, 0.2) is 6.54 Å². The van der Waals surface area contributed by atoms with Crippen molar-refractivity contribution in [1.29, 1.82) is 0 Å². The van der Waals surface area contributed by atoms with E-state index in [1.54, 1.807) is 0 Å². The second-order valence-corrected chi connectivity index (χ2v) is 6.13. The lowest BCUT2D eigenvalue weighted by molar-refractivity contribution is -0.682. The first kappa shape index (κ1) is 17.9. The van der Waals surface area contributed by atoms with Gasteiger partial charge in [0.25, 0.3) is 5.91 Å². The summed E-state index contributed by atoms with van der Waals surface area (Å²) in [5.41, 5.74) is 1.19. The normalized spacial score (nSPS) is 13.3. The lowest BCUT2D eigenvalue weighted by Gasteiger charge is -2.14. The van der Waals surface area contributed by atoms with Crippen molar-refractivity contribution in [2.24, 2.45) is 0 Å². The summed E-state index contributed by atoms with van der Waals surface area (Å²) in [6, 6.07) is 14.1. The first-order valence-corrected chi connectivity index (χ1v) is 8.42. The van der Waals surface area contributed by atoms with Crippen molar-refractivity contribution in [3.05, 3.63) is 48.0 Å². The van der Waals surface area contributed by atoms with Crippen LogP contribution in [0.15, 0.2) is 42.5 Å². The standard InChI is InChI=1S/C19H25N3O2/c1-4-13(2)21-19(24)22-18(23)12-20-14(3)16-11-7-9-15-8-5-6-10-17(15)16/h5-11,13-14,20H,4,12H2,1-3H3,(H2,21,22,23,24)/p+1/t13-,14+/m1/s1. The second kappa shape index (κ2) is 8.45. The predicted octanol–water partition coefficient (Wildman–Crippen LogP) is 2.09. The fraction of sp³-hybridized carbons (Fsp3) is 0.368. The van der Waals surface area contributed by atoms with Crippen molar-refractivity contribution in [2.75, 3.05) is 6.54 Å². The van der Waals surface area contributed by atoms with Crippen LogP contribution in [-0.2, 0) is 4.79 Å². The molecule has 0 bridgehead atoms. The van der Waals surface area contributed by atoms with E-state index in [9.17, 15) is 9.59 Å². The molecular formula is C19H26N3O2+. The van der Waals surface area contributed by atoms with Gasteiger partial charge in [0, 0.05) is 11.6 Å². The summed E-state index contributed by atoms with van der Waals surface area (Å²) < 4.78 is 0. The van der Waals surface area contributed by atoms with Crippen LogP contribution < -0.4 is 16.0 Å². The zero-order valence-electron chi connectivity index (χ0n) is 14.5. The summed E-state index contributed by atoms with van der Waals surface area (Å²) in [6.07, 6.45) is 0.825. The average Bonchev–Trinajstić information content (AvgIpc) is 2.58. The summed E-state index contributed by atoms with van der Waals surface area (Å²) in [7, 11) is 0. The van der Waals surface area contributed by atoms with Crippen molar-refractivity contribution in [1.82, 2.24) is 10.6 Å². The molecule has 3 amide bonds. The Morgan fingerprint density at radius 3 is 2.54 bits per heavy atom. The molecule has 0 spiro atoms. The molecule has 5 nitrogen and oxygen atoms in total. The van der Waals surface area contributed by atoms with E-state index in [0.29, 0.717) is 0 Å².